The Labute approximate surface area is 74.9 Å². The van der Waals surface area contributed by atoms with E-state index in [1.807, 2.05) is 0 Å². The molecule has 2 fully saturated rings. The maximum atomic E-state index is 5.91. The normalized spacial score (nSPS) is 41.2. The molecule has 2 heterocycles. The second kappa shape index (κ2) is 2.71. The third-order valence-corrected chi connectivity index (χ3v) is 3.12. The maximum Gasteiger partial charge on any atom is 0.116 e. The summed E-state index contributed by atoms with van der Waals surface area (Å²) in [6, 6.07) is 0. The molecule has 2 aliphatic rings. The molecule has 2 saturated heterocycles. The smallest absolute Gasteiger partial charge is 0.116 e. The van der Waals surface area contributed by atoms with Crippen molar-refractivity contribution in [2.24, 2.45) is 5.41 Å². The highest BCUT2D eigenvalue weighted by Crippen LogP contribution is 2.39. The van der Waals surface area contributed by atoms with Crippen LogP contribution >= 0.6 is 0 Å². The Bertz CT molecular complexity index is 179. The summed E-state index contributed by atoms with van der Waals surface area (Å²) in [4.78, 5) is 2.49. The lowest BCUT2D eigenvalue weighted by molar-refractivity contribution is -0.0939. The first kappa shape index (κ1) is 8.52. The highest BCUT2D eigenvalue weighted by Gasteiger charge is 2.43. The fourth-order valence-corrected chi connectivity index (χ4v) is 2.52. The molecule has 2 heteroatoms. The van der Waals surface area contributed by atoms with Crippen molar-refractivity contribution in [1.29, 1.82) is 0 Å². The van der Waals surface area contributed by atoms with Crippen LogP contribution in [0.2, 0.25) is 0 Å². The summed E-state index contributed by atoms with van der Waals surface area (Å²) < 4.78 is 5.91. The fraction of sp³-hybridized carbons (Fsp3) is 1.00. The molecule has 0 bridgehead atoms. The monoisotopic (exact) mass is 169 g/mol. The summed E-state index contributed by atoms with van der Waals surface area (Å²) in [5.41, 5.74) is 0.364. The van der Waals surface area contributed by atoms with Crippen LogP contribution in [0.1, 0.15) is 33.6 Å². The number of hydrogen-bond acceptors (Lipinski definition) is 2. The lowest BCUT2D eigenvalue weighted by Crippen LogP contribution is -2.46. The molecule has 0 saturated carbocycles. The summed E-state index contributed by atoms with van der Waals surface area (Å²) >= 11 is 0. The molecule has 0 aliphatic carbocycles. The molecule has 0 unspecified atom stereocenters. The van der Waals surface area contributed by atoms with Crippen molar-refractivity contribution >= 4 is 0 Å². The third kappa shape index (κ3) is 1.27. The zero-order valence-corrected chi connectivity index (χ0v) is 8.34. The lowest BCUT2D eigenvalue weighted by atomic mass is 9.82. The molecule has 0 spiro atoms. The molecule has 12 heavy (non-hydrogen) atoms. The van der Waals surface area contributed by atoms with E-state index in [1.54, 1.807) is 0 Å². The first-order valence-electron chi connectivity index (χ1n) is 4.99. The number of fused-ring (bicyclic) bond motifs is 1. The largest absolute Gasteiger partial charge is 0.358 e. The topological polar surface area (TPSA) is 12.5 Å². The minimum atomic E-state index is 0.364. The summed E-state index contributed by atoms with van der Waals surface area (Å²) in [5.74, 6) is 0. The number of hydrogen-bond donors (Lipinski definition) is 0. The van der Waals surface area contributed by atoms with Crippen LogP contribution in [0.15, 0.2) is 0 Å². The van der Waals surface area contributed by atoms with E-state index in [4.69, 9.17) is 4.74 Å². The number of nitrogens with zero attached hydrogens (tertiary/aromatic N) is 1. The van der Waals surface area contributed by atoms with Gasteiger partial charge in [0.25, 0.3) is 0 Å². The summed E-state index contributed by atoms with van der Waals surface area (Å²) in [5, 5.41) is 0. The van der Waals surface area contributed by atoms with E-state index in [2.05, 4.69) is 25.7 Å². The zero-order chi connectivity index (χ0) is 8.77. The number of piperidine rings is 1. The standard InChI is InChI=1S/C10H19NO/c1-8-7-11-6-4-5-10(2,3)9(11)12-8/h8-9H,4-7H2,1-3H3/t8-,9-/m0/s1. The Morgan fingerprint density at radius 2 is 2.17 bits per heavy atom. The van der Waals surface area contributed by atoms with E-state index >= 15 is 0 Å². The quantitative estimate of drug-likeness (QED) is 0.549. The molecule has 2 atom stereocenters. The SMILES string of the molecule is C[C@H]1CN2CCCC(C)(C)[C@@H]2O1. The van der Waals surface area contributed by atoms with Crippen LogP contribution in [0, 0.1) is 5.41 Å². The number of rotatable bonds is 0. The Balaban J connectivity index is 2.13. The van der Waals surface area contributed by atoms with E-state index in [-0.39, 0.29) is 0 Å². The van der Waals surface area contributed by atoms with Crippen molar-refractivity contribution in [3.8, 4) is 0 Å². The van der Waals surface area contributed by atoms with Gasteiger partial charge in [-0.25, -0.2) is 0 Å². The second-order valence-electron chi connectivity index (χ2n) is 4.89. The van der Waals surface area contributed by atoms with Crippen LogP contribution in [0.5, 0.6) is 0 Å². The van der Waals surface area contributed by atoms with Gasteiger partial charge in [-0.2, -0.15) is 0 Å². The highest BCUT2D eigenvalue weighted by molar-refractivity contribution is 4.89. The predicted octanol–water partition coefficient (Wildman–Crippen LogP) is 1.85. The summed E-state index contributed by atoms with van der Waals surface area (Å²) in [6.07, 6.45) is 3.47. The zero-order valence-electron chi connectivity index (χ0n) is 8.34. The fourth-order valence-electron chi connectivity index (χ4n) is 2.52. The second-order valence-corrected chi connectivity index (χ2v) is 4.89. The van der Waals surface area contributed by atoms with Crippen molar-refractivity contribution in [3.63, 3.8) is 0 Å². The number of ether oxygens (including phenoxy) is 1. The average Bonchev–Trinajstić information content (AvgIpc) is 2.30. The van der Waals surface area contributed by atoms with Crippen molar-refractivity contribution in [1.82, 2.24) is 4.90 Å². The van der Waals surface area contributed by atoms with Gasteiger partial charge in [-0.1, -0.05) is 13.8 Å². The van der Waals surface area contributed by atoms with E-state index in [9.17, 15) is 0 Å². The molecule has 2 rings (SSSR count). The van der Waals surface area contributed by atoms with Crippen LogP contribution in [0.25, 0.3) is 0 Å². The first-order chi connectivity index (χ1) is 5.59. The Morgan fingerprint density at radius 3 is 2.83 bits per heavy atom. The van der Waals surface area contributed by atoms with E-state index in [0.29, 0.717) is 17.7 Å². The van der Waals surface area contributed by atoms with Gasteiger partial charge in [0.15, 0.2) is 0 Å². The Kier molecular flexibility index (Phi) is 1.92. The minimum Gasteiger partial charge on any atom is -0.358 e. The molecule has 0 aromatic rings. The lowest BCUT2D eigenvalue weighted by Gasteiger charge is -2.41. The average molecular weight is 169 g/mol. The molecular formula is C10H19NO. The van der Waals surface area contributed by atoms with Crippen LogP contribution in [0.3, 0.4) is 0 Å². The molecule has 0 radical (unpaired) electrons. The molecule has 2 aliphatic heterocycles. The summed E-state index contributed by atoms with van der Waals surface area (Å²) in [6.45, 7) is 9.19. The van der Waals surface area contributed by atoms with Crippen LogP contribution in [-0.2, 0) is 4.74 Å². The van der Waals surface area contributed by atoms with Crippen LogP contribution < -0.4 is 0 Å². The molecule has 2 nitrogen and oxygen atoms in total. The molecule has 0 N–H and O–H groups in total. The van der Waals surface area contributed by atoms with Gasteiger partial charge in [-0.15, -0.1) is 0 Å². The van der Waals surface area contributed by atoms with Gasteiger partial charge in [-0.05, 0) is 19.8 Å². The van der Waals surface area contributed by atoms with Crippen molar-refractivity contribution < 1.29 is 4.74 Å². The van der Waals surface area contributed by atoms with Crippen molar-refractivity contribution in [2.45, 2.75) is 45.9 Å². The molecular weight excluding hydrogens is 150 g/mol. The molecule has 70 valence electrons. The van der Waals surface area contributed by atoms with Gasteiger partial charge in [0, 0.05) is 18.5 Å². The van der Waals surface area contributed by atoms with Crippen molar-refractivity contribution in [3.05, 3.63) is 0 Å². The predicted molar refractivity (Wildman–Crippen MR) is 48.9 cm³/mol. The van der Waals surface area contributed by atoms with E-state index in [0.717, 1.165) is 6.54 Å². The van der Waals surface area contributed by atoms with Gasteiger partial charge in [-0.3, -0.25) is 4.90 Å². The molecule has 0 amide bonds. The minimum absolute atomic E-state index is 0.364. The van der Waals surface area contributed by atoms with Crippen LogP contribution in [0.4, 0.5) is 0 Å². The van der Waals surface area contributed by atoms with Gasteiger partial charge in [0.2, 0.25) is 0 Å². The van der Waals surface area contributed by atoms with Gasteiger partial charge in [0.1, 0.15) is 6.23 Å². The van der Waals surface area contributed by atoms with Crippen molar-refractivity contribution in [2.75, 3.05) is 13.1 Å². The maximum absolute atomic E-state index is 5.91. The first-order valence-corrected chi connectivity index (χ1v) is 4.99. The van der Waals surface area contributed by atoms with E-state index < -0.39 is 0 Å². The third-order valence-electron chi connectivity index (χ3n) is 3.12. The Morgan fingerprint density at radius 1 is 1.42 bits per heavy atom. The van der Waals surface area contributed by atoms with E-state index in [1.165, 1.54) is 19.4 Å². The summed E-state index contributed by atoms with van der Waals surface area (Å²) in [7, 11) is 0. The highest BCUT2D eigenvalue weighted by atomic mass is 16.5. The molecule has 0 aromatic carbocycles. The van der Waals surface area contributed by atoms with Gasteiger partial charge < -0.3 is 4.74 Å². The van der Waals surface area contributed by atoms with Gasteiger partial charge >= 0.3 is 0 Å². The van der Waals surface area contributed by atoms with Crippen LogP contribution in [-0.4, -0.2) is 30.3 Å². The Hall–Kier alpha value is -0.0800. The molecule has 0 aromatic heterocycles. The van der Waals surface area contributed by atoms with Gasteiger partial charge in [0.05, 0.1) is 6.10 Å².